The van der Waals surface area contributed by atoms with E-state index in [2.05, 4.69) is 10.9 Å². The third-order valence-electron chi connectivity index (χ3n) is 3.70. The van der Waals surface area contributed by atoms with Crippen molar-refractivity contribution < 1.29 is 19.1 Å². The average Bonchev–Trinajstić information content (AvgIpc) is 2.65. The molecular formula is C18H17ClN2O4. The number of hydrogen-bond donors (Lipinski definition) is 2. The minimum absolute atomic E-state index is 0.213. The Kier molecular flexibility index (Phi) is 5.40. The van der Waals surface area contributed by atoms with Crippen LogP contribution in [0.25, 0.3) is 0 Å². The number of rotatable bonds is 4. The highest BCUT2D eigenvalue weighted by atomic mass is 35.5. The summed E-state index contributed by atoms with van der Waals surface area (Å²) in [7, 11) is 0. The summed E-state index contributed by atoms with van der Waals surface area (Å²) < 4.78 is 10.8. The van der Waals surface area contributed by atoms with Gasteiger partial charge in [-0.1, -0.05) is 29.8 Å². The molecule has 0 saturated carbocycles. The molecule has 0 aromatic heterocycles. The number of fused-ring (bicyclic) bond motifs is 1. The van der Waals surface area contributed by atoms with Gasteiger partial charge in [-0.2, -0.15) is 0 Å². The number of halogens is 1. The van der Waals surface area contributed by atoms with Crippen molar-refractivity contribution in [1.82, 2.24) is 10.9 Å². The molecular weight excluding hydrogens is 344 g/mol. The fourth-order valence-electron chi connectivity index (χ4n) is 2.40. The van der Waals surface area contributed by atoms with E-state index in [-0.39, 0.29) is 12.3 Å². The van der Waals surface area contributed by atoms with E-state index in [1.165, 1.54) is 0 Å². The minimum Gasteiger partial charge on any atom is -0.486 e. The monoisotopic (exact) mass is 360 g/mol. The van der Waals surface area contributed by atoms with Crippen molar-refractivity contribution in [1.29, 1.82) is 0 Å². The Morgan fingerprint density at radius 3 is 2.56 bits per heavy atom. The molecule has 2 aromatic rings. The van der Waals surface area contributed by atoms with Crippen LogP contribution in [0.5, 0.6) is 11.5 Å². The molecule has 0 aliphatic carbocycles. The van der Waals surface area contributed by atoms with E-state index >= 15 is 0 Å². The first-order valence-corrected chi connectivity index (χ1v) is 8.23. The van der Waals surface area contributed by atoms with Gasteiger partial charge in [0, 0.05) is 17.0 Å². The van der Waals surface area contributed by atoms with Gasteiger partial charge < -0.3 is 9.47 Å². The summed E-state index contributed by atoms with van der Waals surface area (Å²) in [5.41, 5.74) is 6.04. The summed E-state index contributed by atoms with van der Waals surface area (Å²) in [6.07, 6.45) is 0.705. The molecule has 25 heavy (non-hydrogen) atoms. The maximum Gasteiger partial charge on any atom is 0.269 e. The fraction of sp³-hybridized carbons (Fsp3) is 0.222. The van der Waals surface area contributed by atoms with Gasteiger partial charge in [0.2, 0.25) is 5.91 Å². The van der Waals surface area contributed by atoms with Gasteiger partial charge in [0.25, 0.3) is 5.91 Å². The molecule has 0 radical (unpaired) electrons. The first-order valence-electron chi connectivity index (χ1n) is 7.86. The smallest absolute Gasteiger partial charge is 0.269 e. The molecule has 2 N–H and O–H groups in total. The third kappa shape index (κ3) is 4.42. The van der Waals surface area contributed by atoms with Gasteiger partial charge in [0.15, 0.2) is 11.5 Å². The molecule has 0 saturated heterocycles. The number of hydrazine groups is 1. The molecule has 1 aliphatic heterocycles. The summed E-state index contributed by atoms with van der Waals surface area (Å²) in [6.45, 7) is 0.927. The van der Waals surface area contributed by atoms with Crippen LogP contribution in [0.15, 0.2) is 42.5 Å². The summed E-state index contributed by atoms with van der Waals surface area (Å²) in [4.78, 5) is 24.0. The van der Waals surface area contributed by atoms with Crippen LogP contribution in [0.1, 0.15) is 22.3 Å². The van der Waals surface area contributed by atoms with Crippen molar-refractivity contribution in [2.24, 2.45) is 0 Å². The lowest BCUT2D eigenvalue weighted by atomic mass is 10.1. The van der Waals surface area contributed by atoms with E-state index in [9.17, 15) is 9.59 Å². The van der Waals surface area contributed by atoms with Crippen LogP contribution < -0.4 is 20.3 Å². The van der Waals surface area contributed by atoms with E-state index in [0.717, 1.165) is 5.56 Å². The van der Waals surface area contributed by atoms with Gasteiger partial charge in [-0.15, -0.1) is 0 Å². The van der Waals surface area contributed by atoms with Crippen LogP contribution in [-0.4, -0.2) is 25.0 Å². The molecule has 3 rings (SSSR count). The van der Waals surface area contributed by atoms with Gasteiger partial charge in [0.05, 0.1) is 0 Å². The van der Waals surface area contributed by atoms with Crippen molar-refractivity contribution in [3.05, 3.63) is 58.6 Å². The standard InChI is InChI=1S/C18H17ClN2O4/c19-14-4-2-1-3-12(14)6-8-17(22)20-21-18(23)13-5-7-15-16(11-13)25-10-9-24-15/h1-5,7,11H,6,8-10H2,(H,20,22)(H,21,23). The van der Waals surface area contributed by atoms with Gasteiger partial charge >= 0.3 is 0 Å². The number of aryl methyl sites for hydroxylation is 1. The van der Waals surface area contributed by atoms with Crippen molar-refractivity contribution in [2.45, 2.75) is 12.8 Å². The lowest BCUT2D eigenvalue weighted by Gasteiger charge is -2.18. The topological polar surface area (TPSA) is 76.7 Å². The van der Waals surface area contributed by atoms with Gasteiger partial charge in [-0.3, -0.25) is 20.4 Å². The zero-order chi connectivity index (χ0) is 17.6. The molecule has 7 heteroatoms. The molecule has 6 nitrogen and oxygen atoms in total. The van der Waals surface area contributed by atoms with Crippen molar-refractivity contribution in [3.8, 4) is 11.5 Å². The average molecular weight is 361 g/mol. The summed E-state index contributed by atoms with van der Waals surface area (Å²) in [6, 6.07) is 12.2. The predicted molar refractivity (Wildman–Crippen MR) is 92.8 cm³/mol. The number of hydrogen-bond acceptors (Lipinski definition) is 4. The van der Waals surface area contributed by atoms with Crippen LogP contribution in [0.2, 0.25) is 5.02 Å². The SMILES string of the molecule is O=C(CCc1ccccc1Cl)NNC(=O)c1ccc2c(c1)OCCO2. The molecule has 130 valence electrons. The largest absolute Gasteiger partial charge is 0.486 e. The Balaban J connectivity index is 1.50. The fourth-order valence-corrected chi connectivity index (χ4v) is 2.63. The van der Waals surface area contributed by atoms with E-state index < -0.39 is 5.91 Å². The van der Waals surface area contributed by atoms with E-state index in [4.69, 9.17) is 21.1 Å². The highest BCUT2D eigenvalue weighted by molar-refractivity contribution is 6.31. The summed E-state index contributed by atoms with van der Waals surface area (Å²) >= 11 is 6.05. The highest BCUT2D eigenvalue weighted by Crippen LogP contribution is 2.30. The normalized spacial score (nSPS) is 12.4. The van der Waals surface area contributed by atoms with E-state index in [1.54, 1.807) is 24.3 Å². The van der Waals surface area contributed by atoms with Crippen LogP contribution in [0, 0.1) is 0 Å². The van der Waals surface area contributed by atoms with Gasteiger partial charge in [-0.05, 0) is 36.2 Å². The maximum atomic E-state index is 12.1. The van der Waals surface area contributed by atoms with Crippen molar-refractivity contribution >= 4 is 23.4 Å². The molecule has 1 aliphatic rings. The zero-order valence-corrected chi connectivity index (χ0v) is 14.1. The first-order chi connectivity index (χ1) is 12.1. The van der Waals surface area contributed by atoms with Crippen molar-refractivity contribution in [3.63, 3.8) is 0 Å². The molecule has 0 spiro atoms. The van der Waals surface area contributed by atoms with E-state index in [1.807, 2.05) is 18.2 Å². The number of ether oxygens (including phenoxy) is 2. The maximum absolute atomic E-state index is 12.1. The lowest BCUT2D eigenvalue weighted by molar-refractivity contribution is -0.121. The Morgan fingerprint density at radius 2 is 1.76 bits per heavy atom. The quantitative estimate of drug-likeness (QED) is 0.821. The zero-order valence-electron chi connectivity index (χ0n) is 13.4. The predicted octanol–water partition coefficient (Wildman–Crippen LogP) is 2.51. The molecule has 1 heterocycles. The second-order valence-corrected chi connectivity index (χ2v) is 5.86. The molecule has 0 atom stereocenters. The number of amides is 2. The number of nitrogens with one attached hydrogen (secondary N) is 2. The molecule has 2 aromatic carbocycles. The highest BCUT2D eigenvalue weighted by Gasteiger charge is 2.15. The van der Waals surface area contributed by atoms with Crippen LogP contribution in [-0.2, 0) is 11.2 Å². The summed E-state index contributed by atoms with van der Waals surface area (Å²) in [5, 5.41) is 0.621. The Hall–Kier alpha value is -2.73. The molecule has 0 unspecified atom stereocenters. The van der Waals surface area contributed by atoms with E-state index in [0.29, 0.717) is 41.7 Å². The Morgan fingerprint density at radius 1 is 1.00 bits per heavy atom. The lowest BCUT2D eigenvalue weighted by Crippen LogP contribution is -2.41. The van der Waals surface area contributed by atoms with Gasteiger partial charge in [-0.25, -0.2) is 0 Å². The Labute approximate surface area is 150 Å². The van der Waals surface area contributed by atoms with Crippen LogP contribution in [0.3, 0.4) is 0 Å². The van der Waals surface area contributed by atoms with Crippen LogP contribution >= 0.6 is 11.6 Å². The second-order valence-electron chi connectivity index (χ2n) is 5.45. The molecule has 0 fully saturated rings. The Bertz CT molecular complexity index is 794. The molecule has 2 amide bonds. The number of carbonyl (C=O) groups is 2. The molecule has 0 bridgehead atoms. The third-order valence-corrected chi connectivity index (χ3v) is 4.07. The van der Waals surface area contributed by atoms with Crippen molar-refractivity contribution in [2.75, 3.05) is 13.2 Å². The number of carbonyl (C=O) groups excluding carboxylic acids is 2. The van der Waals surface area contributed by atoms with Crippen LogP contribution in [0.4, 0.5) is 0 Å². The first kappa shape index (κ1) is 17.1. The second kappa shape index (κ2) is 7.90. The summed E-state index contributed by atoms with van der Waals surface area (Å²) in [5.74, 6) is 0.393. The van der Waals surface area contributed by atoms with Gasteiger partial charge in [0.1, 0.15) is 13.2 Å². The minimum atomic E-state index is -0.428. The number of benzene rings is 2.